The topological polar surface area (TPSA) is 70.8 Å². The molecule has 0 aliphatic carbocycles. The lowest BCUT2D eigenvalue weighted by Gasteiger charge is -2.12. The molecule has 6 nitrogen and oxygen atoms in total. The van der Waals surface area contributed by atoms with Crippen LogP contribution in [-0.4, -0.2) is 24.7 Å². The molecule has 0 spiro atoms. The summed E-state index contributed by atoms with van der Waals surface area (Å²) in [7, 11) is 0. The zero-order valence-electron chi connectivity index (χ0n) is 12.2. The number of rotatable bonds is 8. The summed E-state index contributed by atoms with van der Waals surface area (Å²) in [6, 6.07) is 13.4. The molecule has 0 atom stereocenters. The fourth-order valence-electron chi connectivity index (χ4n) is 1.84. The van der Waals surface area contributed by atoms with E-state index in [1.54, 1.807) is 12.1 Å². The maximum atomic E-state index is 10.7. The van der Waals surface area contributed by atoms with Crippen molar-refractivity contribution in [3.05, 3.63) is 58.6 Å². The average Bonchev–Trinajstić information content (AvgIpc) is 2.53. The van der Waals surface area contributed by atoms with Crippen LogP contribution < -0.4 is 14.2 Å². The van der Waals surface area contributed by atoms with Gasteiger partial charge in [-0.15, -0.1) is 0 Å². The number of nitro benzene ring substituents is 1. The van der Waals surface area contributed by atoms with Crippen molar-refractivity contribution in [2.75, 3.05) is 19.8 Å². The van der Waals surface area contributed by atoms with Crippen molar-refractivity contribution in [3.8, 4) is 17.2 Å². The van der Waals surface area contributed by atoms with Gasteiger partial charge in [0.2, 0.25) is 0 Å². The fraction of sp³-hybridized carbons (Fsp3) is 0.250. The Morgan fingerprint density at radius 3 is 2.32 bits per heavy atom. The summed E-state index contributed by atoms with van der Waals surface area (Å²) in [5.74, 6) is 1.77. The second-order valence-electron chi connectivity index (χ2n) is 4.33. The van der Waals surface area contributed by atoms with Gasteiger partial charge in [0.1, 0.15) is 19.0 Å². The zero-order chi connectivity index (χ0) is 15.8. The van der Waals surface area contributed by atoms with Crippen molar-refractivity contribution < 1.29 is 19.1 Å². The molecule has 6 heteroatoms. The van der Waals surface area contributed by atoms with Crippen molar-refractivity contribution in [1.82, 2.24) is 0 Å². The van der Waals surface area contributed by atoms with Crippen LogP contribution in [0.15, 0.2) is 48.5 Å². The Morgan fingerprint density at radius 2 is 1.64 bits per heavy atom. The van der Waals surface area contributed by atoms with Crippen LogP contribution in [-0.2, 0) is 0 Å². The SMILES string of the molecule is CCOc1ccccc1OCCOc1cccc([N+](=O)[O-])c1. The Hall–Kier alpha value is -2.76. The van der Waals surface area contributed by atoms with Gasteiger partial charge in [-0.2, -0.15) is 0 Å². The van der Waals surface area contributed by atoms with E-state index in [1.807, 2.05) is 31.2 Å². The Morgan fingerprint density at radius 1 is 0.955 bits per heavy atom. The lowest BCUT2D eigenvalue weighted by molar-refractivity contribution is -0.384. The maximum Gasteiger partial charge on any atom is 0.273 e. The van der Waals surface area contributed by atoms with Crippen molar-refractivity contribution in [3.63, 3.8) is 0 Å². The third-order valence-corrected chi connectivity index (χ3v) is 2.79. The number of ether oxygens (including phenoxy) is 3. The molecular formula is C16H17NO5. The van der Waals surface area contributed by atoms with Crippen LogP contribution in [0.5, 0.6) is 17.2 Å². The quantitative estimate of drug-likeness (QED) is 0.424. The van der Waals surface area contributed by atoms with E-state index in [4.69, 9.17) is 14.2 Å². The van der Waals surface area contributed by atoms with Crippen molar-refractivity contribution in [1.29, 1.82) is 0 Å². The number of nitrogens with zero attached hydrogens (tertiary/aromatic N) is 1. The first-order chi connectivity index (χ1) is 10.7. The van der Waals surface area contributed by atoms with Gasteiger partial charge in [0.25, 0.3) is 5.69 Å². The first-order valence-corrected chi connectivity index (χ1v) is 6.92. The molecular weight excluding hydrogens is 286 g/mol. The number of nitro groups is 1. The summed E-state index contributed by atoms with van der Waals surface area (Å²) >= 11 is 0. The summed E-state index contributed by atoms with van der Waals surface area (Å²) in [5, 5.41) is 10.7. The van der Waals surface area contributed by atoms with E-state index in [1.165, 1.54) is 12.1 Å². The maximum absolute atomic E-state index is 10.7. The van der Waals surface area contributed by atoms with Gasteiger partial charge in [-0.25, -0.2) is 0 Å². The number of hydrogen-bond acceptors (Lipinski definition) is 5. The van der Waals surface area contributed by atoms with Gasteiger partial charge in [-0.3, -0.25) is 10.1 Å². The minimum atomic E-state index is -0.457. The minimum Gasteiger partial charge on any atom is -0.490 e. The van der Waals surface area contributed by atoms with Crippen LogP contribution in [0.3, 0.4) is 0 Å². The normalized spacial score (nSPS) is 10.0. The molecule has 0 aliphatic heterocycles. The lowest BCUT2D eigenvalue weighted by Crippen LogP contribution is -2.09. The summed E-state index contributed by atoms with van der Waals surface area (Å²) in [5.41, 5.74) is 0.000102. The molecule has 0 heterocycles. The van der Waals surface area contributed by atoms with Gasteiger partial charge < -0.3 is 14.2 Å². The minimum absolute atomic E-state index is 0.000102. The fourth-order valence-corrected chi connectivity index (χ4v) is 1.84. The standard InChI is InChI=1S/C16H17NO5/c1-2-20-15-8-3-4-9-16(15)22-11-10-21-14-7-5-6-13(12-14)17(18)19/h3-9,12H,2,10-11H2,1H3. The van der Waals surface area contributed by atoms with Crippen molar-refractivity contribution in [2.24, 2.45) is 0 Å². The summed E-state index contributed by atoms with van der Waals surface area (Å²) < 4.78 is 16.5. The molecule has 0 saturated carbocycles. The van der Waals surface area contributed by atoms with E-state index < -0.39 is 4.92 Å². The molecule has 0 unspecified atom stereocenters. The Kier molecular flexibility index (Phi) is 5.59. The van der Waals surface area contributed by atoms with Gasteiger partial charge in [0, 0.05) is 6.07 Å². The summed E-state index contributed by atoms with van der Waals surface area (Å²) in [6.45, 7) is 3.06. The molecule has 2 aromatic carbocycles. The smallest absolute Gasteiger partial charge is 0.273 e. The van der Waals surface area contributed by atoms with Crippen LogP contribution in [0.25, 0.3) is 0 Å². The van der Waals surface area contributed by atoms with E-state index in [0.29, 0.717) is 30.5 Å². The number of para-hydroxylation sites is 2. The number of hydrogen-bond donors (Lipinski definition) is 0. The third kappa shape index (κ3) is 4.37. The molecule has 0 saturated heterocycles. The predicted octanol–water partition coefficient (Wildman–Crippen LogP) is 3.45. The average molecular weight is 303 g/mol. The predicted molar refractivity (Wildman–Crippen MR) is 81.7 cm³/mol. The van der Waals surface area contributed by atoms with E-state index in [0.717, 1.165) is 0 Å². The van der Waals surface area contributed by atoms with Crippen LogP contribution in [0.2, 0.25) is 0 Å². The second kappa shape index (κ2) is 7.87. The molecule has 22 heavy (non-hydrogen) atoms. The highest BCUT2D eigenvalue weighted by Crippen LogP contribution is 2.26. The van der Waals surface area contributed by atoms with Gasteiger partial charge in [-0.1, -0.05) is 18.2 Å². The Balaban J connectivity index is 1.85. The van der Waals surface area contributed by atoms with Crippen LogP contribution in [0.1, 0.15) is 6.92 Å². The summed E-state index contributed by atoms with van der Waals surface area (Å²) in [4.78, 5) is 10.2. The second-order valence-corrected chi connectivity index (χ2v) is 4.33. The third-order valence-electron chi connectivity index (χ3n) is 2.79. The van der Waals surface area contributed by atoms with Crippen LogP contribution in [0.4, 0.5) is 5.69 Å². The van der Waals surface area contributed by atoms with Crippen molar-refractivity contribution in [2.45, 2.75) is 6.92 Å². The van der Waals surface area contributed by atoms with Gasteiger partial charge in [0.15, 0.2) is 11.5 Å². The van der Waals surface area contributed by atoms with E-state index >= 15 is 0 Å². The van der Waals surface area contributed by atoms with Gasteiger partial charge in [-0.05, 0) is 25.1 Å². The van der Waals surface area contributed by atoms with Gasteiger partial charge >= 0.3 is 0 Å². The largest absolute Gasteiger partial charge is 0.490 e. The van der Waals surface area contributed by atoms with Crippen LogP contribution in [0, 0.1) is 10.1 Å². The molecule has 0 aliphatic rings. The Labute approximate surface area is 128 Å². The van der Waals surface area contributed by atoms with Crippen LogP contribution >= 0.6 is 0 Å². The highest BCUT2D eigenvalue weighted by atomic mass is 16.6. The molecule has 2 rings (SSSR count). The first kappa shape index (κ1) is 15.6. The highest BCUT2D eigenvalue weighted by molar-refractivity contribution is 5.39. The first-order valence-electron chi connectivity index (χ1n) is 6.92. The number of non-ortho nitro benzene ring substituents is 1. The van der Waals surface area contributed by atoms with Gasteiger partial charge in [0.05, 0.1) is 17.6 Å². The molecule has 0 aromatic heterocycles. The number of benzene rings is 2. The van der Waals surface area contributed by atoms with E-state index in [2.05, 4.69) is 0 Å². The van der Waals surface area contributed by atoms with Crippen molar-refractivity contribution >= 4 is 5.69 Å². The molecule has 0 fully saturated rings. The monoisotopic (exact) mass is 303 g/mol. The molecule has 2 aromatic rings. The Bertz CT molecular complexity index is 629. The molecule has 0 amide bonds. The summed E-state index contributed by atoms with van der Waals surface area (Å²) in [6.07, 6.45) is 0. The highest BCUT2D eigenvalue weighted by Gasteiger charge is 2.07. The zero-order valence-corrected chi connectivity index (χ0v) is 12.2. The van der Waals surface area contributed by atoms with E-state index in [-0.39, 0.29) is 12.3 Å². The molecule has 0 radical (unpaired) electrons. The lowest BCUT2D eigenvalue weighted by atomic mass is 10.3. The molecule has 116 valence electrons. The molecule has 0 bridgehead atoms. The van der Waals surface area contributed by atoms with E-state index in [9.17, 15) is 10.1 Å². The molecule has 0 N–H and O–H groups in total.